The minimum atomic E-state index is -0.703. The van der Waals surface area contributed by atoms with Crippen molar-refractivity contribution in [2.75, 3.05) is 6.61 Å². The minimum Gasteiger partial charge on any atom is -0.500 e. The number of allylic oxidation sites excluding steroid dienone is 1. The molecule has 0 fully saturated rings. The second-order valence-electron chi connectivity index (χ2n) is 5.85. The molecule has 27 heavy (non-hydrogen) atoms. The number of nitrogens with one attached hydrogen (secondary N) is 1. The summed E-state index contributed by atoms with van der Waals surface area (Å²) in [5, 5.41) is 30.7. The molecule has 0 aliphatic heterocycles. The molecule has 0 saturated carbocycles. The normalized spacial score (nSPS) is 11.4. The fourth-order valence-corrected chi connectivity index (χ4v) is 2.67. The van der Waals surface area contributed by atoms with Crippen molar-refractivity contribution < 1.29 is 14.8 Å². The lowest BCUT2D eigenvalue weighted by Gasteiger charge is -2.07. The van der Waals surface area contributed by atoms with Gasteiger partial charge in [0, 0.05) is 6.07 Å². The topological polar surface area (TPSA) is 125 Å². The number of imidazole rings is 1. The number of rotatable bonds is 5. The van der Waals surface area contributed by atoms with Crippen LogP contribution in [0.25, 0.3) is 22.7 Å². The minimum absolute atomic E-state index is 0.0181. The predicted molar refractivity (Wildman–Crippen MR) is 100 cm³/mol. The highest BCUT2D eigenvalue weighted by Crippen LogP contribution is 2.38. The Morgan fingerprint density at radius 3 is 2.89 bits per heavy atom. The number of phenolic OH excluding ortho intramolecular Hbond substituents is 1. The molecule has 0 radical (unpaired) electrons. The van der Waals surface area contributed by atoms with Crippen LogP contribution in [-0.2, 0) is 0 Å². The molecule has 136 valence electrons. The maximum absolute atomic E-state index is 11.2. The largest absolute Gasteiger partial charge is 0.500 e. The van der Waals surface area contributed by atoms with Gasteiger partial charge in [0.05, 0.1) is 28.1 Å². The van der Waals surface area contributed by atoms with E-state index in [1.54, 1.807) is 6.92 Å². The van der Waals surface area contributed by atoms with E-state index in [2.05, 4.69) is 16.0 Å². The number of ether oxygens (including phenoxy) is 1. The molecule has 8 heteroatoms. The van der Waals surface area contributed by atoms with Crippen LogP contribution in [0.15, 0.2) is 30.3 Å². The first-order chi connectivity index (χ1) is 12.9. The summed E-state index contributed by atoms with van der Waals surface area (Å²) in [6, 6.07) is 10.4. The lowest BCUT2D eigenvalue weighted by Crippen LogP contribution is -1.96. The first-order valence-electron chi connectivity index (χ1n) is 8.15. The molecule has 1 heterocycles. The van der Waals surface area contributed by atoms with Crippen molar-refractivity contribution in [2.24, 2.45) is 0 Å². The van der Waals surface area contributed by atoms with Gasteiger partial charge < -0.3 is 14.8 Å². The zero-order valence-electron chi connectivity index (χ0n) is 14.7. The maximum atomic E-state index is 11.2. The summed E-state index contributed by atoms with van der Waals surface area (Å²) in [5.41, 5.74) is 2.60. The van der Waals surface area contributed by atoms with Gasteiger partial charge in [0.2, 0.25) is 5.75 Å². The maximum Gasteiger partial charge on any atom is 0.315 e. The van der Waals surface area contributed by atoms with Gasteiger partial charge in [-0.1, -0.05) is 6.07 Å². The summed E-state index contributed by atoms with van der Waals surface area (Å²) in [7, 11) is 0. The van der Waals surface area contributed by atoms with E-state index in [9.17, 15) is 20.5 Å². The third-order valence-corrected chi connectivity index (χ3v) is 3.90. The summed E-state index contributed by atoms with van der Waals surface area (Å²) in [5.74, 6) is -0.209. The van der Waals surface area contributed by atoms with Crippen molar-refractivity contribution in [3.63, 3.8) is 0 Å². The molecule has 3 aromatic rings. The SMILES string of the molecule is CCOc1cc(/C=C(\C#N)c2nc3ccc(C)cc3[nH]2)cc([N+](=O)[O-])c1O. The number of nitro groups is 1. The molecule has 0 amide bonds. The van der Waals surface area contributed by atoms with Crippen LogP contribution in [0.3, 0.4) is 0 Å². The quantitative estimate of drug-likeness (QED) is 0.401. The molecule has 2 aromatic carbocycles. The number of aromatic amines is 1. The number of aryl methyl sites for hydroxylation is 1. The summed E-state index contributed by atoms with van der Waals surface area (Å²) >= 11 is 0. The fourth-order valence-electron chi connectivity index (χ4n) is 2.67. The van der Waals surface area contributed by atoms with E-state index >= 15 is 0 Å². The summed E-state index contributed by atoms with van der Waals surface area (Å²) in [4.78, 5) is 18.0. The van der Waals surface area contributed by atoms with Gasteiger partial charge in [-0.05, 0) is 49.2 Å². The van der Waals surface area contributed by atoms with Gasteiger partial charge in [-0.15, -0.1) is 0 Å². The van der Waals surface area contributed by atoms with Crippen LogP contribution in [0.4, 0.5) is 5.69 Å². The van der Waals surface area contributed by atoms with Gasteiger partial charge in [0.25, 0.3) is 0 Å². The van der Waals surface area contributed by atoms with Crippen molar-refractivity contribution in [3.8, 4) is 17.6 Å². The van der Waals surface area contributed by atoms with E-state index in [0.717, 1.165) is 11.1 Å². The molecule has 1 aromatic heterocycles. The second kappa shape index (κ2) is 7.17. The highest BCUT2D eigenvalue weighted by atomic mass is 16.6. The van der Waals surface area contributed by atoms with Gasteiger partial charge in [-0.3, -0.25) is 10.1 Å². The van der Waals surface area contributed by atoms with E-state index < -0.39 is 16.4 Å². The molecular weight excluding hydrogens is 348 g/mol. The van der Waals surface area contributed by atoms with Gasteiger partial charge in [-0.2, -0.15) is 5.26 Å². The smallest absolute Gasteiger partial charge is 0.315 e. The Hall–Kier alpha value is -3.86. The number of fused-ring (bicyclic) bond motifs is 1. The highest BCUT2D eigenvalue weighted by Gasteiger charge is 2.20. The lowest BCUT2D eigenvalue weighted by atomic mass is 10.1. The molecule has 0 spiro atoms. The molecule has 0 unspecified atom stereocenters. The van der Waals surface area contributed by atoms with Crippen LogP contribution < -0.4 is 4.74 Å². The average Bonchev–Trinajstić information content (AvgIpc) is 3.04. The zero-order valence-corrected chi connectivity index (χ0v) is 14.7. The molecule has 8 nitrogen and oxygen atoms in total. The van der Waals surface area contributed by atoms with Crippen LogP contribution in [0, 0.1) is 28.4 Å². The van der Waals surface area contributed by atoms with E-state index in [-0.39, 0.29) is 17.9 Å². The Morgan fingerprint density at radius 2 is 2.22 bits per heavy atom. The van der Waals surface area contributed by atoms with Crippen LogP contribution >= 0.6 is 0 Å². The van der Waals surface area contributed by atoms with Gasteiger partial charge in [0.15, 0.2) is 5.75 Å². The van der Waals surface area contributed by atoms with Crippen molar-refractivity contribution in [1.29, 1.82) is 5.26 Å². The first kappa shape index (κ1) is 17.9. The van der Waals surface area contributed by atoms with Gasteiger partial charge >= 0.3 is 5.69 Å². The molecule has 0 atom stereocenters. The third-order valence-electron chi connectivity index (χ3n) is 3.90. The van der Waals surface area contributed by atoms with Crippen LogP contribution in [0.2, 0.25) is 0 Å². The molecule has 2 N–H and O–H groups in total. The Bertz CT molecular complexity index is 1110. The van der Waals surface area contributed by atoms with Crippen LogP contribution in [-0.4, -0.2) is 26.6 Å². The summed E-state index contributed by atoms with van der Waals surface area (Å²) in [6.07, 6.45) is 1.46. The summed E-state index contributed by atoms with van der Waals surface area (Å²) in [6.45, 7) is 3.88. The third kappa shape index (κ3) is 3.57. The summed E-state index contributed by atoms with van der Waals surface area (Å²) < 4.78 is 5.26. The highest BCUT2D eigenvalue weighted by molar-refractivity contribution is 5.91. The Labute approximate surface area is 154 Å². The molecular formula is C19H16N4O4. The number of aromatic nitrogens is 2. The first-order valence-corrected chi connectivity index (χ1v) is 8.15. The molecule has 0 bridgehead atoms. The van der Waals surface area contributed by atoms with E-state index in [4.69, 9.17) is 4.74 Å². The Balaban J connectivity index is 2.11. The molecule has 0 aliphatic rings. The number of nitro benzene ring substituents is 1. The van der Waals surface area contributed by atoms with E-state index in [1.165, 1.54) is 18.2 Å². The zero-order chi connectivity index (χ0) is 19.6. The van der Waals surface area contributed by atoms with Crippen LogP contribution in [0.5, 0.6) is 11.5 Å². The number of hydrogen-bond acceptors (Lipinski definition) is 6. The monoisotopic (exact) mass is 364 g/mol. The van der Waals surface area contributed by atoms with Crippen molar-refractivity contribution in [2.45, 2.75) is 13.8 Å². The number of nitriles is 1. The number of phenols is 1. The lowest BCUT2D eigenvalue weighted by molar-refractivity contribution is -0.386. The Morgan fingerprint density at radius 1 is 1.44 bits per heavy atom. The second-order valence-corrected chi connectivity index (χ2v) is 5.85. The van der Waals surface area contributed by atoms with Crippen molar-refractivity contribution in [3.05, 3.63) is 57.4 Å². The number of nitrogens with zero attached hydrogens (tertiary/aromatic N) is 3. The predicted octanol–water partition coefficient (Wildman–Crippen LogP) is 3.95. The average molecular weight is 364 g/mol. The number of H-pyrrole nitrogens is 1. The van der Waals surface area contributed by atoms with E-state index in [0.29, 0.717) is 16.9 Å². The van der Waals surface area contributed by atoms with Crippen molar-refractivity contribution in [1.82, 2.24) is 9.97 Å². The van der Waals surface area contributed by atoms with E-state index in [1.807, 2.05) is 25.1 Å². The van der Waals surface area contributed by atoms with Crippen molar-refractivity contribution >= 4 is 28.4 Å². The molecule has 0 aliphatic carbocycles. The van der Waals surface area contributed by atoms with Crippen LogP contribution in [0.1, 0.15) is 23.9 Å². The number of benzene rings is 2. The number of hydrogen-bond donors (Lipinski definition) is 2. The molecule has 3 rings (SSSR count). The Kier molecular flexibility index (Phi) is 4.77. The molecule has 0 saturated heterocycles. The standard InChI is InChI=1S/C19H16N4O4/c1-3-27-17-9-12(8-16(18(17)24)23(25)26)7-13(10-20)19-21-14-5-4-11(2)6-15(14)22-19/h4-9,24H,3H2,1-2H3,(H,21,22)/b13-7+. The van der Waals surface area contributed by atoms with Gasteiger partial charge in [0.1, 0.15) is 11.9 Å². The number of aromatic hydroxyl groups is 1. The fraction of sp³-hybridized carbons (Fsp3) is 0.158. The van der Waals surface area contributed by atoms with Gasteiger partial charge in [-0.25, -0.2) is 4.98 Å².